The van der Waals surface area contributed by atoms with Gasteiger partial charge in [0.1, 0.15) is 0 Å². The molecule has 0 unspecified atom stereocenters. The van der Waals surface area contributed by atoms with E-state index in [9.17, 15) is 14.4 Å². The zero-order chi connectivity index (χ0) is 25.0. The van der Waals surface area contributed by atoms with Gasteiger partial charge in [0.05, 0.1) is 32.2 Å². The van der Waals surface area contributed by atoms with Crippen LogP contribution in [0.15, 0.2) is 36.9 Å². The number of carbonyl (C=O) groups excluding carboxylic acids is 3. The highest BCUT2D eigenvalue weighted by Crippen LogP contribution is 2.42. The summed E-state index contributed by atoms with van der Waals surface area (Å²) in [5.74, 6) is 1.49. The topological polar surface area (TPSA) is 88.1 Å². The number of ether oxygens (including phenoxy) is 4. The third-order valence-corrected chi connectivity index (χ3v) is 7.35. The van der Waals surface area contributed by atoms with E-state index < -0.39 is 5.97 Å². The highest BCUT2D eigenvalue weighted by Gasteiger charge is 2.35. The van der Waals surface area contributed by atoms with E-state index >= 15 is 0 Å². The summed E-state index contributed by atoms with van der Waals surface area (Å²) in [4.78, 5) is 36.1. The molecule has 2 aliphatic carbocycles. The molecule has 7 heteroatoms. The van der Waals surface area contributed by atoms with Gasteiger partial charge in [0.25, 0.3) is 0 Å². The first-order valence-corrected chi connectivity index (χ1v) is 12.8. The highest BCUT2D eigenvalue weighted by molar-refractivity contribution is 5.81. The molecule has 2 aliphatic rings. The Morgan fingerprint density at radius 2 is 1.31 bits per heavy atom. The number of esters is 3. The molecule has 0 atom stereocenters. The molecule has 0 amide bonds. The molecule has 35 heavy (non-hydrogen) atoms. The fraction of sp³-hybridized carbons (Fsp3) is 0.607. The van der Waals surface area contributed by atoms with E-state index in [0.29, 0.717) is 49.4 Å². The monoisotopic (exact) mass is 486 g/mol. The lowest BCUT2D eigenvalue weighted by Crippen LogP contribution is -2.31. The molecular formula is C28H38O7. The Labute approximate surface area is 208 Å². The normalized spacial score (nSPS) is 24.1. The molecule has 3 rings (SSSR count). The number of hydrogen-bond donors (Lipinski definition) is 0. The van der Waals surface area contributed by atoms with Crippen LogP contribution in [-0.4, -0.2) is 38.2 Å². The van der Waals surface area contributed by atoms with Crippen LogP contribution < -0.4 is 9.47 Å². The van der Waals surface area contributed by atoms with Crippen molar-refractivity contribution in [3.8, 4) is 11.5 Å². The van der Waals surface area contributed by atoms with Crippen LogP contribution in [0.3, 0.4) is 0 Å². The smallest absolute Gasteiger partial charge is 0.330 e. The molecule has 0 saturated heterocycles. The molecule has 192 valence electrons. The zero-order valence-electron chi connectivity index (χ0n) is 20.7. The molecule has 0 radical (unpaired) electrons. The molecule has 1 aromatic carbocycles. The van der Waals surface area contributed by atoms with Crippen molar-refractivity contribution < 1.29 is 33.3 Å². The van der Waals surface area contributed by atoms with Gasteiger partial charge in [-0.2, -0.15) is 0 Å². The minimum atomic E-state index is -0.431. The third kappa shape index (κ3) is 8.11. The quantitative estimate of drug-likeness (QED) is 0.182. The van der Waals surface area contributed by atoms with Gasteiger partial charge in [0.15, 0.2) is 11.5 Å². The summed E-state index contributed by atoms with van der Waals surface area (Å²) in [6.07, 6.45) is 10.1. The summed E-state index contributed by atoms with van der Waals surface area (Å²) in [5.41, 5.74) is 0. The van der Waals surface area contributed by atoms with E-state index in [2.05, 4.69) is 6.58 Å². The fourth-order valence-corrected chi connectivity index (χ4v) is 5.27. The van der Waals surface area contributed by atoms with Crippen LogP contribution >= 0.6 is 0 Å². The lowest BCUT2D eigenvalue weighted by atomic mass is 9.69. The molecule has 2 saturated carbocycles. The lowest BCUT2D eigenvalue weighted by molar-refractivity contribution is -0.151. The van der Waals surface area contributed by atoms with E-state index in [1.807, 2.05) is 12.1 Å². The minimum Gasteiger partial charge on any atom is -0.493 e. The van der Waals surface area contributed by atoms with Crippen molar-refractivity contribution in [1.82, 2.24) is 0 Å². The van der Waals surface area contributed by atoms with E-state index in [0.717, 1.165) is 57.4 Å². The van der Waals surface area contributed by atoms with Crippen LogP contribution in [0.25, 0.3) is 0 Å². The van der Waals surface area contributed by atoms with Gasteiger partial charge in [-0.15, -0.1) is 0 Å². The van der Waals surface area contributed by atoms with Crippen LogP contribution in [0.5, 0.6) is 11.5 Å². The molecule has 0 bridgehead atoms. The van der Waals surface area contributed by atoms with Crippen molar-refractivity contribution in [3.05, 3.63) is 36.9 Å². The first kappa shape index (κ1) is 26.8. The summed E-state index contributed by atoms with van der Waals surface area (Å²) in [5, 5.41) is 0. The Morgan fingerprint density at radius 3 is 1.86 bits per heavy atom. The van der Waals surface area contributed by atoms with Crippen molar-refractivity contribution in [2.75, 3.05) is 20.3 Å². The molecule has 0 spiro atoms. The van der Waals surface area contributed by atoms with Crippen molar-refractivity contribution in [2.24, 2.45) is 23.7 Å². The summed E-state index contributed by atoms with van der Waals surface area (Å²) in [6, 6.07) is 7.22. The molecule has 0 heterocycles. The van der Waals surface area contributed by atoms with Gasteiger partial charge >= 0.3 is 17.9 Å². The fourth-order valence-electron chi connectivity index (χ4n) is 5.27. The van der Waals surface area contributed by atoms with Crippen LogP contribution in [-0.2, 0) is 23.9 Å². The van der Waals surface area contributed by atoms with Gasteiger partial charge in [0, 0.05) is 6.08 Å². The standard InChI is InChI=1S/C28H38O7/c1-3-26(29)33-18-6-7-19-34-27(30)22-14-10-20(11-15-22)21-12-16-23(17-13-21)28(31)35-25-9-5-4-8-24(25)32-2/h3-5,8-9,20-23H,1,6-7,10-19H2,2H3. The molecule has 0 aromatic heterocycles. The molecular weight excluding hydrogens is 448 g/mol. The first-order valence-electron chi connectivity index (χ1n) is 12.8. The second kappa shape index (κ2) is 13.9. The molecule has 2 fully saturated rings. The van der Waals surface area contributed by atoms with Gasteiger partial charge in [-0.1, -0.05) is 18.7 Å². The van der Waals surface area contributed by atoms with Crippen LogP contribution in [0, 0.1) is 23.7 Å². The molecule has 7 nitrogen and oxygen atoms in total. The number of benzene rings is 1. The zero-order valence-corrected chi connectivity index (χ0v) is 20.7. The Morgan fingerprint density at radius 1 is 0.800 bits per heavy atom. The summed E-state index contributed by atoms with van der Waals surface area (Å²) >= 11 is 0. The van der Waals surface area contributed by atoms with Crippen LogP contribution in [0.4, 0.5) is 0 Å². The van der Waals surface area contributed by atoms with Crippen molar-refractivity contribution >= 4 is 17.9 Å². The van der Waals surface area contributed by atoms with E-state index in [1.54, 1.807) is 19.2 Å². The average molecular weight is 487 g/mol. The molecule has 0 aliphatic heterocycles. The maximum Gasteiger partial charge on any atom is 0.330 e. The van der Waals surface area contributed by atoms with Gasteiger partial charge in [0.2, 0.25) is 0 Å². The van der Waals surface area contributed by atoms with Gasteiger partial charge < -0.3 is 18.9 Å². The molecule has 0 N–H and O–H groups in total. The number of para-hydroxylation sites is 2. The van der Waals surface area contributed by atoms with Crippen LogP contribution in [0.2, 0.25) is 0 Å². The van der Waals surface area contributed by atoms with Crippen molar-refractivity contribution in [3.63, 3.8) is 0 Å². The average Bonchev–Trinajstić information content (AvgIpc) is 2.90. The SMILES string of the molecule is C=CC(=O)OCCCCOC(=O)C1CCC(C2CCC(C(=O)Oc3ccccc3OC)CC2)CC1. The van der Waals surface area contributed by atoms with Crippen molar-refractivity contribution in [1.29, 1.82) is 0 Å². The number of unbranched alkanes of at least 4 members (excludes halogenated alkanes) is 1. The lowest BCUT2D eigenvalue weighted by Gasteiger charge is -2.36. The predicted octanol–water partition coefficient (Wildman–Crippen LogP) is 5.27. The van der Waals surface area contributed by atoms with E-state index in [1.165, 1.54) is 0 Å². The van der Waals surface area contributed by atoms with Gasteiger partial charge in [-0.3, -0.25) is 9.59 Å². The number of rotatable bonds is 11. The molecule has 1 aromatic rings. The third-order valence-electron chi connectivity index (χ3n) is 7.35. The van der Waals surface area contributed by atoms with Gasteiger partial charge in [-0.05, 0) is 88.2 Å². The Bertz CT molecular complexity index is 849. The predicted molar refractivity (Wildman–Crippen MR) is 131 cm³/mol. The summed E-state index contributed by atoms with van der Waals surface area (Å²) in [6.45, 7) is 4.02. The highest BCUT2D eigenvalue weighted by atomic mass is 16.6. The maximum absolute atomic E-state index is 12.7. The Kier molecular flexibility index (Phi) is 10.6. The Hall–Kier alpha value is -2.83. The minimum absolute atomic E-state index is 0.0167. The number of carbonyl (C=O) groups is 3. The second-order valence-corrected chi connectivity index (χ2v) is 9.54. The number of hydrogen-bond acceptors (Lipinski definition) is 7. The Balaban J connectivity index is 1.31. The van der Waals surface area contributed by atoms with Crippen molar-refractivity contribution in [2.45, 2.75) is 64.2 Å². The summed E-state index contributed by atoms with van der Waals surface area (Å²) < 4.78 is 21.3. The second-order valence-electron chi connectivity index (χ2n) is 9.54. The van der Waals surface area contributed by atoms with Crippen LogP contribution in [0.1, 0.15) is 64.2 Å². The number of methoxy groups -OCH3 is 1. The van der Waals surface area contributed by atoms with E-state index in [-0.39, 0.29) is 23.8 Å². The first-order chi connectivity index (χ1) is 17.0. The summed E-state index contributed by atoms with van der Waals surface area (Å²) in [7, 11) is 1.57. The van der Waals surface area contributed by atoms with Gasteiger partial charge in [-0.25, -0.2) is 4.79 Å². The van der Waals surface area contributed by atoms with E-state index in [4.69, 9.17) is 18.9 Å². The largest absolute Gasteiger partial charge is 0.493 e. The maximum atomic E-state index is 12.7.